The molecule has 7 nitrogen and oxygen atoms in total. The maximum absolute atomic E-state index is 10.5. The molecular formula is C12H18BrN3O4. The van der Waals surface area contributed by atoms with Crippen molar-refractivity contribution in [2.24, 2.45) is 0 Å². The first-order chi connectivity index (χ1) is 9.26. The van der Waals surface area contributed by atoms with Crippen molar-refractivity contribution in [1.29, 1.82) is 0 Å². The number of aromatic nitrogens is 1. The highest BCUT2D eigenvalue weighted by molar-refractivity contribution is 9.10. The van der Waals surface area contributed by atoms with Crippen molar-refractivity contribution in [1.82, 2.24) is 4.98 Å². The number of ether oxygens (including phenoxy) is 2. The maximum atomic E-state index is 10.5. The fourth-order valence-electron chi connectivity index (χ4n) is 1.51. The lowest BCUT2D eigenvalue weighted by atomic mass is 10.3. The standard InChI is InChI=1S/C7H8BrN3O2.C5H10O2/c1-4-5(8)3-6(11(12)13)7(9-2)10-4;1-5(2)6-3-4-7-5/h3H,1-2H3,(H,9,10);3-4H2,1-2H3. The zero-order valence-electron chi connectivity index (χ0n) is 11.9. The van der Waals surface area contributed by atoms with Gasteiger partial charge in [0.1, 0.15) is 0 Å². The third-order valence-corrected chi connectivity index (χ3v) is 3.35. The number of halogens is 1. The summed E-state index contributed by atoms with van der Waals surface area (Å²) >= 11 is 3.18. The van der Waals surface area contributed by atoms with Crippen LogP contribution in [0.25, 0.3) is 0 Å². The van der Waals surface area contributed by atoms with Gasteiger partial charge in [0, 0.05) is 17.6 Å². The molecule has 1 aromatic rings. The maximum Gasteiger partial charge on any atom is 0.312 e. The van der Waals surface area contributed by atoms with Crippen LogP contribution in [0, 0.1) is 17.0 Å². The van der Waals surface area contributed by atoms with Crippen LogP contribution in [0.15, 0.2) is 10.5 Å². The second kappa shape index (κ2) is 6.96. The number of hydrogen-bond donors (Lipinski definition) is 1. The molecule has 1 aromatic heterocycles. The zero-order valence-corrected chi connectivity index (χ0v) is 13.5. The second-order valence-electron chi connectivity index (χ2n) is 4.53. The molecule has 1 saturated heterocycles. The minimum absolute atomic E-state index is 0.0278. The van der Waals surface area contributed by atoms with Gasteiger partial charge in [-0.25, -0.2) is 4.98 Å². The van der Waals surface area contributed by atoms with Gasteiger partial charge >= 0.3 is 5.69 Å². The molecule has 0 radical (unpaired) electrons. The fourth-order valence-corrected chi connectivity index (χ4v) is 1.82. The highest BCUT2D eigenvalue weighted by Gasteiger charge is 2.23. The molecule has 1 fully saturated rings. The van der Waals surface area contributed by atoms with Crippen molar-refractivity contribution in [3.05, 3.63) is 26.3 Å². The van der Waals surface area contributed by atoms with Crippen LogP contribution in [0.4, 0.5) is 11.5 Å². The van der Waals surface area contributed by atoms with Crippen molar-refractivity contribution in [2.75, 3.05) is 25.6 Å². The molecule has 1 aliphatic heterocycles. The lowest BCUT2D eigenvalue weighted by Gasteiger charge is -2.13. The number of rotatable bonds is 2. The smallest absolute Gasteiger partial charge is 0.312 e. The molecule has 0 spiro atoms. The van der Waals surface area contributed by atoms with Gasteiger partial charge in [0.15, 0.2) is 5.79 Å². The molecule has 0 atom stereocenters. The van der Waals surface area contributed by atoms with Crippen molar-refractivity contribution in [3.63, 3.8) is 0 Å². The van der Waals surface area contributed by atoms with Gasteiger partial charge in [-0.2, -0.15) is 0 Å². The normalized spacial score (nSPS) is 16.2. The Labute approximate surface area is 126 Å². The molecule has 2 heterocycles. The van der Waals surface area contributed by atoms with Crippen LogP contribution >= 0.6 is 15.9 Å². The molecule has 0 saturated carbocycles. The number of hydrogen-bond acceptors (Lipinski definition) is 6. The number of anilines is 1. The van der Waals surface area contributed by atoms with E-state index in [1.807, 2.05) is 13.8 Å². The molecule has 0 aromatic carbocycles. The minimum Gasteiger partial charge on any atom is -0.367 e. The van der Waals surface area contributed by atoms with Gasteiger partial charge in [-0.3, -0.25) is 10.1 Å². The Balaban J connectivity index is 0.000000240. The van der Waals surface area contributed by atoms with Gasteiger partial charge in [-0.1, -0.05) is 0 Å². The summed E-state index contributed by atoms with van der Waals surface area (Å²) in [4.78, 5) is 14.1. The molecule has 0 bridgehead atoms. The third-order valence-electron chi connectivity index (χ3n) is 2.55. The molecule has 1 aliphatic rings. The molecule has 0 amide bonds. The van der Waals surface area contributed by atoms with Crippen molar-refractivity contribution in [3.8, 4) is 0 Å². The number of nitro groups is 1. The SMILES string of the molecule is CC1(C)OCCO1.CNc1nc(C)c(Br)cc1[N+](=O)[O-]. The molecule has 0 aliphatic carbocycles. The van der Waals surface area contributed by atoms with E-state index in [0.29, 0.717) is 4.47 Å². The van der Waals surface area contributed by atoms with Gasteiger partial charge in [-0.05, 0) is 36.7 Å². The van der Waals surface area contributed by atoms with Gasteiger partial charge in [0.2, 0.25) is 5.82 Å². The largest absolute Gasteiger partial charge is 0.367 e. The summed E-state index contributed by atoms with van der Waals surface area (Å²) < 4.78 is 10.9. The lowest BCUT2D eigenvalue weighted by molar-refractivity contribution is -0.384. The van der Waals surface area contributed by atoms with E-state index in [1.165, 1.54) is 6.07 Å². The van der Waals surface area contributed by atoms with Gasteiger partial charge in [0.25, 0.3) is 0 Å². The first kappa shape index (κ1) is 16.8. The highest BCUT2D eigenvalue weighted by atomic mass is 79.9. The molecule has 2 rings (SSSR count). The number of pyridine rings is 1. The van der Waals surface area contributed by atoms with Crippen LogP contribution in [0.2, 0.25) is 0 Å². The van der Waals surface area contributed by atoms with E-state index in [2.05, 4.69) is 26.2 Å². The summed E-state index contributed by atoms with van der Waals surface area (Å²) in [6.07, 6.45) is 0. The van der Waals surface area contributed by atoms with E-state index >= 15 is 0 Å². The Bertz CT molecular complexity index is 486. The van der Waals surface area contributed by atoms with Gasteiger partial charge < -0.3 is 14.8 Å². The summed E-state index contributed by atoms with van der Waals surface area (Å²) in [5.41, 5.74) is 0.690. The van der Waals surface area contributed by atoms with Crippen LogP contribution in [0.1, 0.15) is 19.5 Å². The van der Waals surface area contributed by atoms with E-state index in [0.717, 1.165) is 18.9 Å². The average molecular weight is 348 g/mol. The van der Waals surface area contributed by atoms with E-state index in [4.69, 9.17) is 9.47 Å². The number of nitrogens with zero attached hydrogens (tertiary/aromatic N) is 2. The average Bonchev–Trinajstić information content (AvgIpc) is 2.77. The molecule has 8 heteroatoms. The summed E-state index contributed by atoms with van der Waals surface area (Å²) in [6.45, 7) is 7.09. The zero-order chi connectivity index (χ0) is 15.3. The van der Waals surface area contributed by atoms with Crippen molar-refractivity contribution in [2.45, 2.75) is 26.6 Å². The van der Waals surface area contributed by atoms with E-state index in [9.17, 15) is 10.1 Å². The highest BCUT2D eigenvalue weighted by Crippen LogP contribution is 2.27. The monoisotopic (exact) mass is 347 g/mol. The van der Waals surface area contributed by atoms with Gasteiger partial charge in [-0.15, -0.1) is 0 Å². The topological polar surface area (TPSA) is 86.5 Å². The molecule has 1 N–H and O–H groups in total. The Morgan fingerprint density at radius 2 is 2.00 bits per heavy atom. The fraction of sp³-hybridized carbons (Fsp3) is 0.583. The van der Waals surface area contributed by atoms with Crippen LogP contribution in [0.5, 0.6) is 0 Å². The van der Waals surface area contributed by atoms with Crippen LogP contribution < -0.4 is 5.32 Å². The summed E-state index contributed by atoms with van der Waals surface area (Å²) in [5.74, 6) is -0.0225. The molecule has 20 heavy (non-hydrogen) atoms. The van der Waals surface area contributed by atoms with E-state index in [1.54, 1.807) is 14.0 Å². The molecule has 0 unspecified atom stereocenters. The Hall–Kier alpha value is -1.25. The third kappa shape index (κ3) is 4.69. The Morgan fingerprint density at radius 3 is 2.35 bits per heavy atom. The van der Waals surface area contributed by atoms with Gasteiger partial charge in [0.05, 0.1) is 23.8 Å². The number of aryl methyl sites for hydroxylation is 1. The molecular weight excluding hydrogens is 330 g/mol. The van der Waals surface area contributed by atoms with E-state index < -0.39 is 4.92 Å². The summed E-state index contributed by atoms with van der Waals surface area (Å²) in [6, 6.07) is 1.44. The molecule has 112 valence electrons. The van der Waals surface area contributed by atoms with Crippen molar-refractivity contribution >= 4 is 27.4 Å². The predicted molar refractivity (Wildman–Crippen MR) is 78.9 cm³/mol. The minimum atomic E-state index is -0.469. The predicted octanol–water partition coefficient (Wildman–Crippen LogP) is 2.87. The first-order valence-corrected chi connectivity index (χ1v) is 6.83. The Kier molecular flexibility index (Phi) is 5.85. The second-order valence-corrected chi connectivity index (χ2v) is 5.38. The van der Waals surface area contributed by atoms with E-state index in [-0.39, 0.29) is 17.3 Å². The summed E-state index contributed by atoms with van der Waals surface area (Å²) in [5, 5.41) is 13.2. The lowest BCUT2D eigenvalue weighted by Crippen LogP contribution is -2.18. The van der Waals surface area contributed by atoms with Crippen LogP contribution in [-0.2, 0) is 9.47 Å². The number of nitrogens with one attached hydrogen (secondary N) is 1. The van der Waals surface area contributed by atoms with Crippen LogP contribution in [-0.4, -0.2) is 36.0 Å². The first-order valence-electron chi connectivity index (χ1n) is 6.04. The van der Waals surface area contributed by atoms with Crippen LogP contribution in [0.3, 0.4) is 0 Å². The quantitative estimate of drug-likeness (QED) is 0.653. The summed E-state index contributed by atoms with van der Waals surface area (Å²) in [7, 11) is 1.60. The Morgan fingerprint density at radius 1 is 1.45 bits per heavy atom. The van der Waals surface area contributed by atoms with Crippen molar-refractivity contribution < 1.29 is 14.4 Å².